The molecule has 2 rings (SSSR count). The molecule has 1 heterocycles. The second-order valence-electron chi connectivity index (χ2n) is 6.04. The van der Waals surface area contributed by atoms with Crippen LogP contribution in [-0.4, -0.2) is 15.7 Å². The maximum absolute atomic E-state index is 12.6. The van der Waals surface area contributed by atoms with Crippen molar-refractivity contribution >= 4 is 33.4 Å². The third kappa shape index (κ3) is 4.15. The average molecular weight is 399 g/mol. The number of aryl methyl sites for hydroxylation is 1. The van der Waals surface area contributed by atoms with E-state index in [1.165, 1.54) is 0 Å². The van der Waals surface area contributed by atoms with Crippen LogP contribution in [0.3, 0.4) is 0 Å². The second-order valence-corrected chi connectivity index (χ2v) is 7.26. The number of rotatable bonds is 5. The van der Waals surface area contributed by atoms with Gasteiger partial charge in [-0.3, -0.25) is 9.48 Å². The van der Waals surface area contributed by atoms with Crippen molar-refractivity contribution in [2.24, 2.45) is 5.92 Å². The maximum Gasteiger partial charge on any atom is 0.256 e. The summed E-state index contributed by atoms with van der Waals surface area (Å²) in [6.07, 6.45) is 0. The Labute approximate surface area is 150 Å². The molecule has 4 nitrogen and oxygen atoms in total. The van der Waals surface area contributed by atoms with Gasteiger partial charge in [-0.15, -0.1) is 0 Å². The highest BCUT2D eigenvalue weighted by Crippen LogP contribution is 2.25. The number of aromatic nitrogens is 2. The molecule has 0 saturated carbocycles. The fourth-order valence-electron chi connectivity index (χ4n) is 2.45. The van der Waals surface area contributed by atoms with Crippen LogP contribution in [-0.2, 0) is 6.54 Å². The minimum Gasteiger partial charge on any atom is -0.345 e. The Morgan fingerprint density at radius 3 is 2.61 bits per heavy atom. The Morgan fingerprint density at radius 1 is 1.35 bits per heavy atom. The summed E-state index contributed by atoms with van der Waals surface area (Å²) in [5.74, 6) is 0.202. The van der Waals surface area contributed by atoms with Gasteiger partial charge in [-0.1, -0.05) is 59.6 Å². The normalized spacial score (nSPS) is 12.5. The molecule has 0 radical (unpaired) electrons. The van der Waals surface area contributed by atoms with Gasteiger partial charge in [-0.25, -0.2) is 0 Å². The van der Waals surface area contributed by atoms with Crippen molar-refractivity contribution in [3.05, 3.63) is 50.7 Å². The first-order chi connectivity index (χ1) is 10.8. The van der Waals surface area contributed by atoms with Gasteiger partial charge in [-0.05, 0) is 31.4 Å². The molecule has 124 valence electrons. The lowest BCUT2D eigenvalue weighted by Gasteiger charge is -2.16. The zero-order valence-electron chi connectivity index (χ0n) is 13.7. The predicted octanol–water partition coefficient (Wildman–Crippen LogP) is 4.75. The second kappa shape index (κ2) is 7.49. The predicted molar refractivity (Wildman–Crippen MR) is 96.8 cm³/mol. The zero-order chi connectivity index (χ0) is 17.1. The molecule has 0 bridgehead atoms. The number of nitrogens with zero attached hydrogens (tertiary/aromatic N) is 2. The Bertz CT molecular complexity index is 712. The average Bonchev–Trinajstić information content (AvgIpc) is 2.72. The number of halogens is 2. The van der Waals surface area contributed by atoms with Crippen molar-refractivity contribution in [3.8, 4) is 0 Å². The minimum absolute atomic E-state index is 0.137. The largest absolute Gasteiger partial charge is 0.345 e. The van der Waals surface area contributed by atoms with Crippen molar-refractivity contribution in [2.45, 2.75) is 40.3 Å². The van der Waals surface area contributed by atoms with E-state index in [0.29, 0.717) is 28.9 Å². The summed E-state index contributed by atoms with van der Waals surface area (Å²) in [5, 5.41) is 7.77. The molecule has 6 heteroatoms. The zero-order valence-corrected chi connectivity index (χ0v) is 16.1. The number of benzene rings is 1. The number of hydrogen-bond donors (Lipinski definition) is 1. The number of carbonyl (C=O) groups is 1. The van der Waals surface area contributed by atoms with Gasteiger partial charge < -0.3 is 5.32 Å². The van der Waals surface area contributed by atoms with Crippen molar-refractivity contribution in [1.82, 2.24) is 15.1 Å². The molecule has 0 fully saturated rings. The SMILES string of the molecule is Cc1nn(CC(C)C)c(Cl)c1C(=O)N[C@H](C)c1ccccc1Br. The molecule has 0 spiro atoms. The van der Waals surface area contributed by atoms with E-state index >= 15 is 0 Å². The van der Waals surface area contributed by atoms with Gasteiger partial charge in [-0.2, -0.15) is 5.10 Å². The molecule has 1 aromatic carbocycles. The van der Waals surface area contributed by atoms with E-state index in [4.69, 9.17) is 11.6 Å². The molecule has 0 aliphatic rings. The van der Waals surface area contributed by atoms with Crippen molar-refractivity contribution < 1.29 is 4.79 Å². The summed E-state index contributed by atoms with van der Waals surface area (Å²) >= 11 is 9.87. The highest BCUT2D eigenvalue weighted by molar-refractivity contribution is 9.10. The van der Waals surface area contributed by atoms with Crippen molar-refractivity contribution in [2.75, 3.05) is 0 Å². The van der Waals surface area contributed by atoms with Gasteiger partial charge in [0.1, 0.15) is 5.15 Å². The van der Waals surface area contributed by atoms with E-state index in [-0.39, 0.29) is 11.9 Å². The highest BCUT2D eigenvalue weighted by atomic mass is 79.9. The number of carbonyl (C=O) groups excluding carboxylic acids is 1. The standard InChI is InChI=1S/C17H21BrClN3O/c1-10(2)9-22-16(19)15(12(4)21-22)17(23)20-11(3)13-7-5-6-8-14(13)18/h5-8,10-11H,9H2,1-4H3,(H,20,23)/t11-/m1/s1. The summed E-state index contributed by atoms with van der Waals surface area (Å²) in [7, 11) is 0. The van der Waals surface area contributed by atoms with Crippen LogP contribution in [0.2, 0.25) is 5.15 Å². The van der Waals surface area contributed by atoms with Gasteiger partial charge in [0.15, 0.2) is 0 Å². The van der Waals surface area contributed by atoms with Gasteiger partial charge in [0, 0.05) is 11.0 Å². The summed E-state index contributed by atoms with van der Waals surface area (Å²) in [4.78, 5) is 12.6. The highest BCUT2D eigenvalue weighted by Gasteiger charge is 2.22. The lowest BCUT2D eigenvalue weighted by atomic mass is 10.1. The molecule has 0 unspecified atom stereocenters. The Balaban J connectivity index is 2.21. The monoisotopic (exact) mass is 397 g/mol. The van der Waals surface area contributed by atoms with E-state index in [9.17, 15) is 4.79 Å². The van der Waals surface area contributed by atoms with Gasteiger partial charge in [0.2, 0.25) is 0 Å². The molecular weight excluding hydrogens is 378 g/mol. The van der Waals surface area contributed by atoms with E-state index in [1.807, 2.05) is 31.2 Å². The van der Waals surface area contributed by atoms with Crippen LogP contribution in [0.1, 0.15) is 48.4 Å². The molecule has 1 N–H and O–H groups in total. The fraction of sp³-hybridized carbons (Fsp3) is 0.412. The number of hydrogen-bond acceptors (Lipinski definition) is 2. The molecule has 0 aliphatic carbocycles. The Hall–Kier alpha value is -1.33. The molecule has 1 amide bonds. The van der Waals surface area contributed by atoms with Gasteiger partial charge in [0.25, 0.3) is 5.91 Å². The van der Waals surface area contributed by atoms with Crippen LogP contribution in [0, 0.1) is 12.8 Å². The number of amides is 1. The first-order valence-electron chi connectivity index (χ1n) is 7.59. The first kappa shape index (κ1) is 18.0. The molecule has 1 aromatic heterocycles. The topological polar surface area (TPSA) is 46.9 Å². The molecule has 0 saturated heterocycles. The summed E-state index contributed by atoms with van der Waals surface area (Å²) in [5.41, 5.74) is 2.11. The molecule has 2 aromatic rings. The Kier molecular flexibility index (Phi) is 5.87. The van der Waals surface area contributed by atoms with Crippen LogP contribution in [0.15, 0.2) is 28.7 Å². The molecule has 0 aliphatic heterocycles. The van der Waals surface area contributed by atoms with Crippen LogP contribution >= 0.6 is 27.5 Å². The summed E-state index contributed by atoms with van der Waals surface area (Å²) in [6.45, 7) is 8.61. The molecule has 23 heavy (non-hydrogen) atoms. The van der Waals surface area contributed by atoms with Crippen LogP contribution < -0.4 is 5.32 Å². The van der Waals surface area contributed by atoms with Crippen LogP contribution in [0.5, 0.6) is 0 Å². The van der Waals surface area contributed by atoms with E-state index in [2.05, 4.69) is 40.2 Å². The summed E-state index contributed by atoms with van der Waals surface area (Å²) < 4.78 is 2.66. The molecule has 1 atom stereocenters. The van der Waals surface area contributed by atoms with E-state index < -0.39 is 0 Å². The van der Waals surface area contributed by atoms with Crippen LogP contribution in [0.4, 0.5) is 0 Å². The summed E-state index contributed by atoms with van der Waals surface area (Å²) in [6, 6.07) is 7.69. The van der Waals surface area contributed by atoms with E-state index in [1.54, 1.807) is 11.6 Å². The van der Waals surface area contributed by atoms with Crippen molar-refractivity contribution in [3.63, 3.8) is 0 Å². The van der Waals surface area contributed by atoms with Crippen molar-refractivity contribution in [1.29, 1.82) is 0 Å². The minimum atomic E-state index is -0.203. The first-order valence-corrected chi connectivity index (χ1v) is 8.76. The van der Waals surface area contributed by atoms with Gasteiger partial charge >= 0.3 is 0 Å². The third-order valence-electron chi connectivity index (χ3n) is 3.55. The molecular formula is C17H21BrClN3O. The lowest BCUT2D eigenvalue weighted by molar-refractivity contribution is 0.0939. The Morgan fingerprint density at radius 2 is 2.00 bits per heavy atom. The number of nitrogens with one attached hydrogen (secondary N) is 1. The lowest BCUT2D eigenvalue weighted by Crippen LogP contribution is -2.27. The smallest absolute Gasteiger partial charge is 0.256 e. The quantitative estimate of drug-likeness (QED) is 0.789. The maximum atomic E-state index is 12.6. The fourth-order valence-corrected chi connectivity index (χ4v) is 3.41. The van der Waals surface area contributed by atoms with Crippen LogP contribution in [0.25, 0.3) is 0 Å². The van der Waals surface area contributed by atoms with Gasteiger partial charge in [0.05, 0.1) is 17.3 Å². The van der Waals surface area contributed by atoms with E-state index in [0.717, 1.165) is 10.0 Å². The third-order valence-corrected chi connectivity index (χ3v) is 4.66.